The number of H-pyrrole nitrogens is 1. The highest BCUT2D eigenvalue weighted by Gasteiger charge is 2.27. The number of hydrogen-bond acceptors (Lipinski definition) is 2. The number of rotatable bonds is 2. The number of benzene rings is 1. The topological polar surface area (TPSA) is 49.0 Å². The van der Waals surface area contributed by atoms with Crippen molar-refractivity contribution >= 4 is 5.91 Å². The molecule has 1 saturated heterocycles. The number of aryl methyl sites for hydroxylation is 2. The fraction of sp³-hybridized carbons (Fsp3) is 0.412. The molecular weight excluding hydrogens is 262 g/mol. The zero-order valence-electron chi connectivity index (χ0n) is 12.6. The van der Waals surface area contributed by atoms with Gasteiger partial charge < -0.3 is 4.90 Å². The molecule has 1 atom stereocenters. The molecule has 4 heteroatoms. The maximum absolute atomic E-state index is 12.7. The highest BCUT2D eigenvalue weighted by atomic mass is 16.2. The van der Waals surface area contributed by atoms with E-state index < -0.39 is 0 Å². The lowest BCUT2D eigenvalue weighted by molar-refractivity contribution is 0.0705. The van der Waals surface area contributed by atoms with Gasteiger partial charge in [-0.2, -0.15) is 5.10 Å². The molecule has 1 aliphatic rings. The summed E-state index contributed by atoms with van der Waals surface area (Å²) in [5.41, 5.74) is 4.23. The molecule has 1 aromatic heterocycles. The van der Waals surface area contributed by atoms with Gasteiger partial charge in [-0.3, -0.25) is 9.89 Å². The van der Waals surface area contributed by atoms with Crippen LogP contribution in [0.15, 0.2) is 30.5 Å². The van der Waals surface area contributed by atoms with Crippen molar-refractivity contribution < 1.29 is 4.79 Å². The number of carbonyl (C=O) groups excluding carboxylic acids is 1. The maximum atomic E-state index is 12.7. The zero-order chi connectivity index (χ0) is 14.8. The van der Waals surface area contributed by atoms with Gasteiger partial charge in [0.1, 0.15) is 0 Å². The largest absolute Gasteiger partial charge is 0.338 e. The summed E-state index contributed by atoms with van der Waals surface area (Å²) in [4.78, 5) is 14.7. The van der Waals surface area contributed by atoms with E-state index in [4.69, 9.17) is 0 Å². The summed E-state index contributed by atoms with van der Waals surface area (Å²) in [5, 5.41) is 7.21. The molecule has 1 unspecified atom stereocenters. The minimum absolute atomic E-state index is 0.148. The van der Waals surface area contributed by atoms with Crippen molar-refractivity contribution in [1.82, 2.24) is 15.1 Å². The molecule has 1 amide bonds. The third-order valence-corrected chi connectivity index (χ3v) is 4.36. The molecule has 0 saturated carbocycles. The second-order valence-electron chi connectivity index (χ2n) is 5.87. The van der Waals surface area contributed by atoms with E-state index in [-0.39, 0.29) is 5.91 Å². The Morgan fingerprint density at radius 3 is 2.81 bits per heavy atom. The third-order valence-electron chi connectivity index (χ3n) is 4.36. The van der Waals surface area contributed by atoms with Crippen LogP contribution < -0.4 is 0 Å². The van der Waals surface area contributed by atoms with Gasteiger partial charge in [0.15, 0.2) is 0 Å². The molecule has 1 fully saturated rings. The highest BCUT2D eigenvalue weighted by Crippen LogP contribution is 2.28. The average molecular weight is 283 g/mol. The Hall–Kier alpha value is -2.10. The number of nitrogens with one attached hydrogen (secondary N) is 1. The van der Waals surface area contributed by atoms with Crippen molar-refractivity contribution in [2.75, 3.05) is 13.1 Å². The second-order valence-corrected chi connectivity index (χ2v) is 5.87. The van der Waals surface area contributed by atoms with Crippen molar-refractivity contribution in [2.24, 2.45) is 0 Å². The first-order chi connectivity index (χ1) is 10.2. The van der Waals surface area contributed by atoms with Crippen molar-refractivity contribution in [3.8, 4) is 0 Å². The third kappa shape index (κ3) is 2.71. The predicted molar refractivity (Wildman–Crippen MR) is 82.4 cm³/mol. The number of amides is 1. The van der Waals surface area contributed by atoms with Gasteiger partial charge in [-0.1, -0.05) is 18.2 Å². The first-order valence-electron chi connectivity index (χ1n) is 7.51. The van der Waals surface area contributed by atoms with Crippen LogP contribution in [0.4, 0.5) is 0 Å². The van der Waals surface area contributed by atoms with E-state index in [0.29, 0.717) is 5.92 Å². The fourth-order valence-electron chi connectivity index (χ4n) is 3.15. The van der Waals surface area contributed by atoms with Crippen LogP contribution in [-0.4, -0.2) is 34.1 Å². The molecule has 0 bridgehead atoms. The number of aromatic nitrogens is 2. The lowest BCUT2D eigenvalue weighted by atomic mass is 9.92. The van der Waals surface area contributed by atoms with Crippen LogP contribution in [0.25, 0.3) is 0 Å². The van der Waals surface area contributed by atoms with Crippen LogP contribution in [0.3, 0.4) is 0 Å². The van der Waals surface area contributed by atoms with Crippen LogP contribution in [0.2, 0.25) is 0 Å². The number of carbonyl (C=O) groups is 1. The molecule has 3 rings (SSSR count). The molecule has 1 aliphatic heterocycles. The summed E-state index contributed by atoms with van der Waals surface area (Å²) < 4.78 is 0. The highest BCUT2D eigenvalue weighted by molar-refractivity contribution is 5.95. The normalized spacial score (nSPS) is 18.8. The summed E-state index contributed by atoms with van der Waals surface area (Å²) in [6, 6.07) is 7.82. The molecule has 110 valence electrons. The van der Waals surface area contributed by atoms with Crippen molar-refractivity contribution in [2.45, 2.75) is 32.6 Å². The summed E-state index contributed by atoms with van der Waals surface area (Å²) in [6.07, 6.45) is 4.01. The van der Waals surface area contributed by atoms with Crippen molar-refractivity contribution in [3.63, 3.8) is 0 Å². The van der Waals surface area contributed by atoms with E-state index in [1.807, 2.05) is 42.3 Å². The number of hydrogen-bond donors (Lipinski definition) is 1. The Labute approximate surface area is 125 Å². The van der Waals surface area contributed by atoms with Gasteiger partial charge in [0.2, 0.25) is 0 Å². The van der Waals surface area contributed by atoms with Crippen molar-refractivity contribution in [1.29, 1.82) is 0 Å². The van der Waals surface area contributed by atoms with E-state index in [9.17, 15) is 4.79 Å². The Bertz CT molecular complexity index is 647. The molecule has 0 aliphatic carbocycles. The molecule has 21 heavy (non-hydrogen) atoms. The van der Waals surface area contributed by atoms with E-state index in [2.05, 4.69) is 17.1 Å². The molecule has 1 aromatic carbocycles. The Balaban J connectivity index is 1.79. The minimum atomic E-state index is 0.148. The van der Waals surface area contributed by atoms with Gasteiger partial charge >= 0.3 is 0 Å². The molecular formula is C17H21N3O. The number of piperidine rings is 1. The zero-order valence-corrected chi connectivity index (χ0v) is 12.6. The summed E-state index contributed by atoms with van der Waals surface area (Å²) in [6.45, 7) is 5.68. The molecule has 2 aromatic rings. The Morgan fingerprint density at radius 2 is 2.10 bits per heavy atom. The molecule has 1 N–H and O–H groups in total. The van der Waals surface area contributed by atoms with E-state index >= 15 is 0 Å². The lowest BCUT2D eigenvalue weighted by Gasteiger charge is -2.33. The van der Waals surface area contributed by atoms with Crippen molar-refractivity contribution in [3.05, 3.63) is 52.8 Å². The smallest absolute Gasteiger partial charge is 0.254 e. The quantitative estimate of drug-likeness (QED) is 0.921. The van der Waals surface area contributed by atoms with E-state index in [1.165, 1.54) is 11.3 Å². The average Bonchev–Trinajstić information content (AvgIpc) is 2.93. The fourth-order valence-corrected chi connectivity index (χ4v) is 3.15. The van der Waals surface area contributed by atoms with Crippen LogP contribution in [-0.2, 0) is 0 Å². The minimum Gasteiger partial charge on any atom is -0.338 e. The van der Waals surface area contributed by atoms with Gasteiger partial charge in [0.05, 0.1) is 6.20 Å². The molecule has 0 radical (unpaired) electrons. The number of likely N-dealkylation sites (tertiary alicyclic amines) is 1. The first-order valence-corrected chi connectivity index (χ1v) is 7.51. The van der Waals surface area contributed by atoms with Crippen LogP contribution in [0.5, 0.6) is 0 Å². The van der Waals surface area contributed by atoms with Gasteiger partial charge in [0.25, 0.3) is 5.91 Å². The summed E-state index contributed by atoms with van der Waals surface area (Å²) >= 11 is 0. The standard InChI is InChI=1S/C17H21N3O/c1-12-6-3-4-8-15(12)17(21)20-9-5-7-14(11-20)16-13(2)10-18-19-16/h3-4,6,8,10,14H,5,7,9,11H2,1-2H3,(H,18,19). The van der Waals surface area contributed by atoms with Gasteiger partial charge in [-0.25, -0.2) is 0 Å². The number of aromatic amines is 1. The SMILES string of the molecule is Cc1ccccc1C(=O)N1CCCC(c2[nH]ncc2C)C1. The van der Waals surface area contributed by atoms with Crippen LogP contribution in [0.1, 0.15) is 45.9 Å². The predicted octanol–water partition coefficient (Wildman–Crippen LogP) is 3.05. The monoisotopic (exact) mass is 283 g/mol. The van der Waals surface area contributed by atoms with E-state index in [0.717, 1.165) is 37.1 Å². The number of nitrogens with zero attached hydrogens (tertiary/aromatic N) is 2. The Morgan fingerprint density at radius 1 is 1.29 bits per heavy atom. The summed E-state index contributed by atoms with van der Waals surface area (Å²) in [7, 11) is 0. The van der Waals surface area contributed by atoms with Gasteiger partial charge in [-0.15, -0.1) is 0 Å². The summed E-state index contributed by atoms with van der Waals surface area (Å²) in [5.74, 6) is 0.518. The van der Waals surface area contributed by atoms with Crippen LogP contribution >= 0.6 is 0 Å². The molecule has 4 nitrogen and oxygen atoms in total. The molecule has 0 spiro atoms. The van der Waals surface area contributed by atoms with Gasteiger partial charge in [-0.05, 0) is 43.9 Å². The second kappa shape index (κ2) is 5.72. The molecule has 2 heterocycles. The first kappa shape index (κ1) is 13.9. The lowest BCUT2D eigenvalue weighted by Crippen LogP contribution is -2.39. The van der Waals surface area contributed by atoms with E-state index in [1.54, 1.807) is 0 Å². The van der Waals surface area contributed by atoms with Crippen LogP contribution in [0, 0.1) is 13.8 Å². The van der Waals surface area contributed by atoms with Gasteiger partial charge in [0, 0.05) is 30.3 Å². The Kier molecular flexibility index (Phi) is 3.78. The maximum Gasteiger partial charge on any atom is 0.254 e.